The van der Waals surface area contributed by atoms with Crippen LogP contribution in [0.5, 0.6) is 5.75 Å². The van der Waals surface area contributed by atoms with E-state index in [9.17, 15) is 14.7 Å². The molecule has 0 bridgehead atoms. The van der Waals surface area contributed by atoms with E-state index in [-0.39, 0.29) is 17.9 Å². The van der Waals surface area contributed by atoms with Crippen LogP contribution in [-0.2, 0) is 4.79 Å². The van der Waals surface area contributed by atoms with E-state index in [2.05, 4.69) is 27.9 Å². The third-order valence-electron chi connectivity index (χ3n) is 2.77. The van der Waals surface area contributed by atoms with Gasteiger partial charge in [0.15, 0.2) is 0 Å². The molecule has 20 heavy (non-hydrogen) atoms. The van der Waals surface area contributed by atoms with Gasteiger partial charge in [-0.15, -0.1) is 0 Å². The Hall–Kier alpha value is -0.580. The van der Waals surface area contributed by atoms with Gasteiger partial charge in [-0.1, -0.05) is 13.3 Å². The molecule has 0 aliphatic rings. The van der Waals surface area contributed by atoms with Gasteiger partial charge < -0.3 is 15.5 Å². The lowest BCUT2D eigenvalue weighted by molar-refractivity contribution is -0.141. The van der Waals surface area contributed by atoms with Gasteiger partial charge in [0.1, 0.15) is 5.75 Å². The highest BCUT2D eigenvalue weighted by atomic mass is 127. The molecule has 1 amide bonds. The molecule has 5 nitrogen and oxygen atoms in total. The zero-order valence-electron chi connectivity index (χ0n) is 10.8. The zero-order chi connectivity index (χ0) is 15.3. The Balaban J connectivity index is 2.79. The lowest BCUT2D eigenvalue weighted by atomic mass is 10.0. The van der Waals surface area contributed by atoms with Crippen LogP contribution in [0.2, 0.25) is 0 Å². The Labute approximate surface area is 144 Å². The molecule has 1 rings (SSSR count). The molecule has 0 aliphatic carbocycles. The van der Waals surface area contributed by atoms with Crippen LogP contribution in [-0.4, -0.2) is 28.6 Å². The number of amides is 1. The maximum absolute atomic E-state index is 12.0. The van der Waals surface area contributed by atoms with Gasteiger partial charge in [0, 0.05) is 10.1 Å². The average Bonchev–Trinajstić information content (AvgIpc) is 2.37. The number of nitrogens with one attached hydrogen (secondary N) is 1. The SMILES string of the molecule is CCCC(CNC(=O)c1cc(I)cc(I)c1O)C(=O)O. The quantitative estimate of drug-likeness (QED) is 0.522. The molecule has 0 aromatic heterocycles. The first-order valence-corrected chi connectivity index (χ1v) is 8.21. The average molecular weight is 503 g/mol. The summed E-state index contributed by atoms with van der Waals surface area (Å²) in [5.41, 5.74) is 0.168. The summed E-state index contributed by atoms with van der Waals surface area (Å²) in [7, 11) is 0. The second-order valence-electron chi connectivity index (χ2n) is 4.32. The van der Waals surface area contributed by atoms with Crippen molar-refractivity contribution in [3.63, 3.8) is 0 Å². The second-order valence-corrected chi connectivity index (χ2v) is 6.73. The summed E-state index contributed by atoms with van der Waals surface area (Å²) in [4.78, 5) is 23.0. The number of halogens is 2. The Morgan fingerprint density at radius 2 is 2.00 bits per heavy atom. The van der Waals surface area contributed by atoms with E-state index in [4.69, 9.17) is 5.11 Å². The van der Waals surface area contributed by atoms with Crippen LogP contribution in [0.15, 0.2) is 12.1 Å². The van der Waals surface area contributed by atoms with Crippen molar-refractivity contribution < 1.29 is 19.8 Å². The van der Waals surface area contributed by atoms with Crippen LogP contribution in [0.1, 0.15) is 30.1 Å². The predicted molar refractivity (Wildman–Crippen MR) is 91.9 cm³/mol. The monoisotopic (exact) mass is 503 g/mol. The Morgan fingerprint density at radius 1 is 1.35 bits per heavy atom. The summed E-state index contributed by atoms with van der Waals surface area (Å²) < 4.78 is 1.42. The maximum atomic E-state index is 12.0. The van der Waals surface area contributed by atoms with Crippen molar-refractivity contribution in [2.75, 3.05) is 6.54 Å². The minimum absolute atomic E-state index is 0.0590. The molecule has 0 fully saturated rings. The van der Waals surface area contributed by atoms with Gasteiger partial charge in [0.25, 0.3) is 5.91 Å². The first kappa shape index (κ1) is 17.5. The number of carboxylic acids is 1. The van der Waals surface area contributed by atoms with Crippen molar-refractivity contribution in [2.45, 2.75) is 19.8 Å². The zero-order valence-corrected chi connectivity index (χ0v) is 15.1. The first-order valence-electron chi connectivity index (χ1n) is 6.05. The van der Waals surface area contributed by atoms with Gasteiger partial charge in [0.2, 0.25) is 0 Å². The Kier molecular flexibility index (Phi) is 7.00. The highest BCUT2D eigenvalue weighted by molar-refractivity contribution is 14.1. The number of carbonyl (C=O) groups excluding carboxylic acids is 1. The molecule has 0 saturated heterocycles. The van der Waals surface area contributed by atoms with E-state index in [0.717, 1.165) is 9.99 Å². The summed E-state index contributed by atoms with van der Waals surface area (Å²) in [6, 6.07) is 3.33. The summed E-state index contributed by atoms with van der Waals surface area (Å²) in [5.74, 6) is -2.06. The normalized spacial score (nSPS) is 11.9. The smallest absolute Gasteiger partial charge is 0.308 e. The number of rotatable bonds is 6. The summed E-state index contributed by atoms with van der Waals surface area (Å²) in [6.07, 6.45) is 1.24. The summed E-state index contributed by atoms with van der Waals surface area (Å²) >= 11 is 4.00. The Bertz CT molecular complexity index is 519. The topological polar surface area (TPSA) is 86.6 Å². The lowest BCUT2D eigenvalue weighted by Crippen LogP contribution is -2.33. The molecule has 1 atom stereocenters. The van der Waals surface area contributed by atoms with Crippen molar-refractivity contribution in [3.05, 3.63) is 24.8 Å². The van der Waals surface area contributed by atoms with Crippen LogP contribution in [0.25, 0.3) is 0 Å². The van der Waals surface area contributed by atoms with Gasteiger partial charge in [-0.25, -0.2) is 0 Å². The molecule has 0 heterocycles. The molecule has 7 heteroatoms. The largest absolute Gasteiger partial charge is 0.506 e. The fourth-order valence-electron chi connectivity index (χ4n) is 1.71. The summed E-state index contributed by atoms with van der Waals surface area (Å²) in [6.45, 7) is 1.95. The van der Waals surface area contributed by atoms with Crippen molar-refractivity contribution >= 4 is 57.1 Å². The second kappa shape index (κ2) is 8.01. The van der Waals surface area contributed by atoms with Crippen molar-refractivity contribution in [3.8, 4) is 5.75 Å². The van der Waals surface area contributed by atoms with E-state index in [1.807, 2.05) is 29.5 Å². The lowest BCUT2D eigenvalue weighted by Gasteiger charge is -2.13. The van der Waals surface area contributed by atoms with Crippen LogP contribution in [0, 0.1) is 13.1 Å². The van der Waals surface area contributed by atoms with Crippen LogP contribution in [0.4, 0.5) is 0 Å². The molecule has 110 valence electrons. The van der Waals surface area contributed by atoms with Crippen LogP contribution >= 0.6 is 45.2 Å². The standard InChI is InChI=1S/C13H15I2NO4/c1-2-3-7(13(19)20)6-16-12(18)9-4-8(14)5-10(15)11(9)17/h4-5,7,17H,2-3,6H2,1H3,(H,16,18)(H,19,20). The predicted octanol–water partition coefficient (Wildman–Crippen LogP) is 2.83. The molecule has 1 unspecified atom stereocenters. The molecule has 0 aliphatic heterocycles. The number of carbonyl (C=O) groups is 2. The first-order chi connectivity index (χ1) is 9.36. The van der Waals surface area contributed by atoms with Gasteiger partial charge in [-0.05, 0) is 63.7 Å². The summed E-state index contributed by atoms with van der Waals surface area (Å²) in [5, 5.41) is 21.5. The van der Waals surface area contributed by atoms with Gasteiger partial charge in [0.05, 0.1) is 15.1 Å². The van der Waals surface area contributed by atoms with E-state index in [1.165, 1.54) is 0 Å². The van der Waals surface area contributed by atoms with Crippen LogP contribution < -0.4 is 5.32 Å². The molecule has 0 radical (unpaired) electrons. The number of phenols is 1. The van der Waals surface area contributed by atoms with Gasteiger partial charge in [-0.2, -0.15) is 0 Å². The highest BCUT2D eigenvalue weighted by Gasteiger charge is 2.20. The minimum atomic E-state index is -0.923. The molecule has 3 N–H and O–H groups in total. The maximum Gasteiger partial charge on any atom is 0.308 e. The molecule has 1 aromatic carbocycles. The number of hydrogen-bond acceptors (Lipinski definition) is 3. The number of benzene rings is 1. The van der Waals surface area contributed by atoms with E-state index < -0.39 is 17.8 Å². The molecular weight excluding hydrogens is 488 g/mol. The van der Waals surface area contributed by atoms with Crippen molar-refractivity contribution in [2.24, 2.45) is 5.92 Å². The van der Waals surface area contributed by atoms with E-state index in [0.29, 0.717) is 9.99 Å². The van der Waals surface area contributed by atoms with Crippen molar-refractivity contribution in [1.82, 2.24) is 5.32 Å². The fourth-order valence-corrected chi connectivity index (χ4v) is 3.56. The van der Waals surface area contributed by atoms with Crippen LogP contribution in [0.3, 0.4) is 0 Å². The molecule has 0 saturated carbocycles. The Morgan fingerprint density at radius 3 is 2.55 bits per heavy atom. The number of aliphatic carboxylic acids is 1. The molecule has 1 aromatic rings. The molecule has 0 spiro atoms. The highest BCUT2D eigenvalue weighted by Crippen LogP contribution is 2.26. The van der Waals surface area contributed by atoms with Gasteiger partial charge >= 0.3 is 5.97 Å². The minimum Gasteiger partial charge on any atom is -0.506 e. The number of hydrogen-bond donors (Lipinski definition) is 3. The molecular formula is C13H15I2NO4. The third-order valence-corrected chi connectivity index (χ3v) is 4.21. The number of carboxylic acid groups (broad SMARTS) is 1. The van der Waals surface area contributed by atoms with Crippen molar-refractivity contribution in [1.29, 1.82) is 0 Å². The van der Waals surface area contributed by atoms with E-state index in [1.54, 1.807) is 12.1 Å². The number of phenolic OH excluding ortho intramolecular Hbond substituents is 1. The third kappa shape index (κ3) is 4.76. The fraction of sp³-hybridized carbons (Fsp3) is 0.385. The van der Waals surface area contributed by atoms with E-state index >= 15 is 0 Å². The van der Waals surface area contributed by atoms with Gasteiger partial charge in [-0.3, -0.25) is 9.59 Å². The number of aromatic hydroxyl groups is 1.